The third kappa shape index (κ3) is 6.48. The van der Waals surface area contributed by atoms with Crippen LogP contribution in [0.25, 0.3) is 0 Å². The van der Waals surface area contributed by atoms with Gasteiger partial charge in [0.15, 0.2) is 0 Å². The van der Waals surface area contributed by atoms with Crippen molar-refractivity contribution in [3.05, 3.63) is 129 Å². The van der Waals surface area contributed by atoms with Crippen molar-refractivity contribution >= 4 is 27.2 Å². The first-order valence-corrected chi connectivity index (χ1v) is 18.7. The maximum atomic E-state index is 12.9. The van der Waals surface area contributed by atoms with Gasteiger partial charge in [0, 0.05) is 24.7 Å². The second-order valence-electron chi connectivity index (χ2n) is 13.0. The van der Waals surface area contributed by atoms with Crippen molar-refractivity contribution in [1.82, 2.24) is 14.2 Å². The van der Waals surface area contributed by atoms with Gasteiger partial charge in [0.25, 0.3) is 22.4 Å². The monoisotopic (exact) mass is 659 g/mol. The summed E-state index contributed by atoms with van der Waals surface area (Å²) in [5.41, 5.74) is 0.610. The third-order valence-corrected chi connectivity index (χ3v) is 15.5. The molecule has 1 aromatic heterocycles. The van der Waals surface area contributed by atoms with Gasteiger partial charge in [-0.1, -0.05) is 112 Å². The highest BCUT2D eigenvalue weighted by molar-refractivity contribution is 7.44. The maximum absolute atomic E-state index is 12.9. The number of hydrogen-bond acceptors (Lipinski definition) is 7. The molecule has 0 radical (unpaired) electrons. The van der Waals surface area contributed by atoms with Crippen molar-refractivity contribution in [3.63, 3.8) is 0 Å². The summed E-state index contributed by atoms with van der Waals surface area (Å²) in [6, 6.07) is 31.1. The molecule has 9 nitrogen and oxygen atoms in total. The molecule has 3 heterocycles. The van der Waals surface area contributed by atoms with Crippen molar-refractivity contribution in [1.29, 1.82) is 0 Å². The number of aromatic nitrogens is 2. The zero-order chi connectivity index (χ0) is 32.5. The van der Waals surface area contributed by atoms with Crippen molar-refractivity contribution < 1.29 is 18.2 Å². The van der Waals surface area contributed by atoms with Crippen LogP contribution in [0.2, 0.25) is 5.04 Å². The Morgan fingerprint density at radius 1 is 0.935 bits per heavy atom. The Labute approximate surface area is 272 Å². The van der Waals surface area contributed by atoms with Crippen LogP contribution in [0, 0.1) is 6.92 Å². The van der Waals surface area contributed by atoms with Crippen molar-refractivity contribution in [3.8, 4) is 0 Å². The number of ether oxygens (including phenoxy) is 1. The second kappa shape index (κ2) is 13.5. The molecule has 1 N–H and O–H groups in total. The Balaban J connectivity index is 1.32. The van der Waals surface area contributed by atoms with Gasteiger partial charge in [0.2, 0.25) is 0 Å². The minimum Gasteiger partial charge on any atom is -0.405 e. The Kier molecular flexibility index (Phi) is 9.59. The number of aryl methyl sites for hydroxylation is 1. The van der Waals surface area contributed by atoms with E-state index in [0.717, 1.165) is 5.56 Å². The standard InChI is InChI=1S/C35H42N3O6PSi/c1-25-22-38(34(40)36-33(25)39)32-21-29(43-45-37(5)23-30(44-45)26-15-9-6-10-16-26)31(42-32)24-41-46(35(2,3)4,27-17-11-7-12-18-27)28-19-13-8-14-20-28/h6-20,22,29-32H,21,23-24H2,1-5H3,(H,36,39,40)/t29-,30-,31+,32+,45+/m0/s1. The highest BCUT2D eigenvalue weighted by atomic mass is 31.2. The zero-order valence-electron chi connectivity index (χ0n) is 27.0. The average molecular weight is 660 g/mol. The van der Waals surface area contributed by atoms with Gasteiger partial charge >= 0.3 is 5.69 Å². The molecule has 3 aromatic carbocycles. The lowest BCUT2D eigenvalue weighted by Crippen LogP contribution is -2.67. The highest BCUT2D eigenvalue weighted by Crippen LogP contribution is 2.55. The van der Waals surface area contributed by atoms with Crippen molar-refractivity contribution in [2.75, 3.05) is 20.2 Å². The van der Waals surface area contributed by atoms with Crippen LogP contribution in [0.15, 0.2) is 107 Å². The fraction of sp³-hybridized carbons (Fsp3) is 0.371. The van der Waals surface area contributed by atoms with E-state index < -0.39 is 46.5 Å². The summed E-state index contributed by atoms with van der Waals surface area (Å²) in [4.78, 5) is 27.5. The molecule has 0 spiro atoms. The van der Waals surface area contributed by atoms with Gasteiger partial charge in [-0.2, -0.15) is 0 Å². The molecule has 6 rings (SSSR count). The molecule has 0 bridgehead atoms. The third-order valence-electron chi connectivity index (χ3n) is 8.84. The van der Waals surface area contributed by atoms with Crippen LogP contribution in [-0.4, -0.2) is 54.9 Å². The molecule has 2 aliphatic rings. The average Bonchev–Trinajstić information content (AvgIpc) is 3.63. The van der Waals surface area contributed by atoms with Crippen LogP contribution in [0.3, 0.4) is 0 Å². The van der Waals surface area contributed by atoms with Gasteiger partial charge in [-0.3, -0.25) is 14.3 Å². The van der Waals surface area contributed by atoms with Gasteiger partial charge in [-0.15, -0.1) is 0 Å². The summed E-state index contributed by atoms with van der Waals surface area (Å²) in [5.74, 6) is 0. The molecule has 46 heavy (non-hydrogen) atoms. The number of likely N-dealkylation sites (N-methyl/N-ethyl adjacent to an activating group) is 1. The Morgan fingerprint density at radius 3 is 2.11 bits per heavy atom. The normalized spacial score (nSPS) is 24.0. The molecular weight excluding hydrogens is 617 g/mol. The minimum atomic E-state index is -2.88. The lowest BCUT2D eigenvalue weighted by molar-refractivity contribution is -0.0396. The molecule has 0 unspecified atom stereocenters. The molecule has 2 fully saturated rings. The molecule has 2 saturated heterocycles. The van der Waals surface area contributed by atoms with E-state index >= 15 is 0 Å². The summed E-state index contributed by atoms with van der Waals surface area (Å²) in [6.45, 7) is 9.35. The summed E-state index contributed by atoms with van der Waals surface area (Å²) in [6.07, 6.45) is 0.280. The Morgan fingerprint density at radius 2 is 1.52 bits per heavy atom. The van der Waals surface area contributed by atoms with E-state index in [9.17, 15) is 9.59 Å². The molecule has 2 aliphatic heterocycles. The molecule has 0 amide bonds. The van der Waals surface area contributed by atoms with E-state index in [0.29, 0.717) is 18.5 Å². The number of H-pyrrole nitrogens is 1. The van der Waals surface area contributed by atoms with Crippen LogP contribution in [0.4, 0.5) is 0 Å². The molecular formula is C35H42N3O6PSi. The number of aromatic amines is 1. The van der Waals surface area contributed by atoms with E-state index in [1.165, 1.54) is 14.9 Å². The molecule has 0 aliphatic carbocycles. The zero-order valence-corrected chi connectivity index (χ0v) is 28.9. The number of rotatable bonds is 9. The lowest BCUT2D eigenvalue weighted by atomic mass is 10.1. The molecule has 0 saturated carbocycles. The fourth-order valence-electron chi connectivity index (χ4n) is 6.49. The van der Waals surface area contributed by atoms with Gasteiger partial charge in [0.05, 0.1) is 12.7 Å². The summed E-state index contributed by atoms with van der Waals surface area (Å²) < 4.78 is 30.7. The van der Waals surface area contributed by atoms with Crippen LogP contribution in [0.1, 0.15) is 50.7 Å². The van der Waals surface area contributed by atoms with E-state index in [4.69, 9.17) is 18.2 Å². The van der Waals surface area contributed by atoms with Crippen LogP contribution in [0.5, 0.6) is 0 Å². The topological polar surface area (TPSA) is 95.0 Å². The SMILES string of the molecule is Cc1cn([C@H]2C[C@H](O[P@]3O[C@H](c4ccccc4)CN3C)[C@@H](CO[Si](c3ccccc3)(c3ccccc3)C(C)(C)C)O2)c(=O)[nH]c1=O. The number of nitrogens with zero attached hydrogens (tertiary/aromatic N) is 2. The summed E-state index contributed by atoms with van der Waals surface area (Å²) in [5, 5.41) is 2.11. The first-order chi connectivity index (χ1) is 22.1. The predicted molar refractivity (Wildman–Crippen MR) is 183 cm³/mol. The highest BCUT2D eigenvalue weighted by Gasteiger charge is 2.52. The first-order valence-electron chi connectivity index (χ1n) is 15.7. The van der Waals surface area contributed by atoms with E-state index in [1.54, 1.807) is 13.1 Å². The van der Waals surface area contributed by atoms with Gasteiger partial charge in [-0.05, 0) is 34.9 Å². The van der Waals surface area contributed by atoms with E-state index in [2.05, 4.69) is 91.1 Å². The number of nitrogens with one attached hydrogen (secondary N) is 1. The molecule has 4 aromatic rings. The van der Waals surface area contributed by atoms with Crippen molar-refractivity contribution in [2.24, 2.45) is 0 Å². The van der Waals surface area contributed by atoms with Crippen LogP contribution < -0.4 is 21.6 Å². The smallest absolute Gasteiger partial charge is 0.330 e. The number of hydrogen-bond donors (Lipinski definition) is 1. The van der Waals surface area contributed by atoms with Crippen molar-refractivity contribution in [2.45, 2.75) is 63.7 Å². The molecule has 11 heteroatoms. The van der Waals surface area contributed by atoms with Gasteiger partial charge in [0.1, 0.15) is 18.4 Å². The lowest BCUT2D eigenvalue weighted by Gasteiger charge is -2.43. The second-order valence-corrected chi connectivity index (χ2v) is 18.9. The van der Waals surface area contributed by atoms with Gasteiger partial charge < -0.3 is 18.2 Å². The van der Waals surface area contributed by atoms with Gasteiger partial charge in [-0.25, -0.2) is 9.46 Å². The molecule has 242 valence electrons. The Hall–Kier alpha value is -3.21. The number of benzene rings is 3. The van der Waals surface area contributed by atoms with E-state index in [1.807, 2.05) is 37.4 Å². The Bertz CT molecular complexity index is 1690. The summed E-state index contributed by atoms with van der Waals surface area (Å²) in [7, 11) is -2.27. The predicted octanol–water partition coefficient (Wildman–Crippen LogP) is 5.02. The largest absolute Gasteiger partial charge is 0.405 e. The quantitative estimate of drug-likeness (QED) is 0.199. The van der Waals surface area contributed by atoms with Crippen LogP contribution in [-0.2, 0) is 18.2 Å². The maximum Gasteiger partial charge on any atom is 0.330 e. The fourth-order valence-corrected chi connectivity index (χ4v) is 12.6. The van der Waals surface area contributed by atoms with Crippen LogP contribution >= 0.6 is 8.53 Å². The summed E-state index contributed by atoms with van der Waals surface area (Å²) >= 11 is 0. The molecule has 5 atom stereocenters. The first kappa shape index (κ1) is 32.7. The minimum absolute atomic E-state index is 0.105. The van der Waals surface area contributed by atoms with E-state index in [-0.39, 0.29) is 17.7 Å².